The summed E-state index contributed by atoms with van der Waals surface area (Å²) in [5.74, 6) is -1.79. The van der Waals surface area contributed by atoms with Crippen molar-refractivity contribution < 1.29 is 23.2 Å². The molecule has 0 unspecified atom stereocenters. The summed E-state index contributed by atoms with van der Waals surface area (Å²) in [6.45, 7) is -0.378. The Kier molecular flexibility index (Phi) is 7.92. The molecule has 0 bridgehead atoms. The van der Waals surface area contributed by atoms with Crippen molar-refractivity contribution in [2.24, 2.45) is 0 Å². The zero-order valence-corrected chi connectivity index (χ0v) is 19.3. The van der Waals surface area contributed by atoms with E-state index in [2.05, 4.69) is 10.6 Å². The Labute approximate surface area is 203 Å². The SMILES string of the molecule is O=C(NCC(=O)N(c1ccc(F)cc1)[C@@H](C(=O)NC1CCCCC1)c1ccccc1)c1ccco1. The lowest BCUT2D eigenvalue weighted by Gasteiger charge is -2.33. The van der Waals surface area contributed by atoms with E-state index < -0.39 is 23.7 Å². The number of anilines is 1. The van der Waals surface area contributed by atoms with E-state index in [1.54, 1.807) is 30.3 Å². The Morgan fingerprint density at radius 1 is 0.943 bits per heavy atom. The van der Waals surface area contributed by atoms with Crippen LogP contribution in [0.4, 0.5) is 10.1 Å². The average molecular weight is 478 g/mol. The summed E-state index contributed by atoms with van der Waals surface area (Å²) in [7, 11) is 0. The van der Waals surface area contributed by atoms with Gasteiger partial charge in [0.1, 0.15) is 11.9 Å². The fraction of sp³-hybridized carbons (Fsp3) is 0.296. The van der Waals surface area contributed by atoms with E-state index in [0.29, 0.717) is 11.3 Å². The summed E-state index contributed by atoms with van der Waals surface area (Å²) in [4.78, 5) is 40.8. The third-order valence-electron chi connectivity index (χ3n) is 6.09. The number of halogens is 1. The van der Waals surface area contributed by atoms with Gasteiger partial charge in [-0.25, -0.2) is 4.39 Å². The number of nitrogens with zero attached hydrogens (tertiary/aromatic N) is 1. The highest BCUT2D eigenvalue weighted by atomic mass is 19.1. The number of hydrogen-bond donors (Lipinski definition) is 2. The van der Waals surface area contributed by atoms with Crippen molar-refractivity contribution in [3.63, 3.8) is 0 Å². The van der Waals surface area contributed by atoms with Crippen LogP contribution in [0.2, 0.25) is 0 Å². The van der Waals surface area contributed by atoms with Crippen LogP contribution < -0.4 is 15.5 Å². The van der Waals surface area contributed by atoms with E-state index in [-0.39, 0.29) is 24.3 Å². The third-order valence-corrected chi connectivity index (χ3v) is 6.09. The number of carbonyl (C=O) groups is 3. The summed E-state index contributed by atoms with van der Waals surface area (Å²) >= 11 is 0. The number of amides is 3. The second kappa shape index (κ2) is 11.5. The van der Waals surface area contributed by atoms with Gasteiger partial charge in [-0.2, -0.15) is 0 Å². The molecule has 0 aliphatic heterocycles. The lowest BCUT2D eigenvalue weighted by molar-refractivity contribution is -0.127. The molecular formula is C27H28FN3O4. The lowest BCUT2D eigenvalue weighted by atomic mass is 9.94. The highest BCUT2D eigenvalue weighted by molar-refractivity contribution is 6.04. The first kappa shape index (κ1) is 24.2. The highest BCUT2D eigenvalue weighted by Gasteiger charge is 2.34. The molecule has 4 rings (SSSR count). The topological polar surface area (TPSA) is 91.7 Å². The van der Waals surface area contributed by atoms with Crippen molar-refractivity contribution in [1.82, 2.24) is 10.6 Å². The van der Waals surface area contributed by atoms with Gasteiger partial charge in [-0.1, -0.05) is 49.6 Å². The Hall–Kier alpha value is -3.94. The molecule has 7 nitrogen and oxygen atoms in total. The quantitative estimate of drug-likeness (QED) is 0.504. The number of hydrogen-bond acceptors (Lipinski definition) is 4. The Morgan fingerprint density at radius 3 is 2.31 bits per heavy atom. The number of rotatable bonds is 8. The summed E-state index contributed by atoms with van der Waals surface area (Å²) in [5, 5.41) is 5.66. The van der Waals surface area contributed by atoms with E-state index in [1.165, 1.54) is 41.5 Å². The van der Waals surface area contributed by atoms with Gasteiger partial charge >= 0.3 is 0 Å². The Balaban J connectivity index is 1.65. The Morgan fingerprint density at radius 2 is 1.66 bits per heavy atom. The van der Waals surface area contributed by atoms with Crippen molar-refractivity contribution in [3.8, 4) is 0 Å². The van der Waals surface area contributed by atoms with Crippen molar-refractivity contribution in [1.29, 1.82) is 0 Å². The van der Waals surface area contributed by atoms with Crippen molar-refractivity contribution in [2.45, 2.75) is 44.2 Å². The monoisotopic (exact) mass is 477 g/mol. The van der Waals surface area contributed by atoms with E-state index in [0.717, 1.165) is 32.1 Å². The smallest absolute Gasteiger partial charge is 0.287 e. The van der Waals surface area contributed by atoms with Gasteiger partial charge < -0.3 is 15.1 Å². The molecule has 2 N–H and O–H groups in total. The second-order valence-electron chi connectivity index (χ2n) is 8.56. The number of benzene rings is 2. The van der Waals surface area contributed by atoms with Crippen LogP contribution in [0.5, 0.6) is 0 Å². The minimum Gasteiger partial charge on any atom is -0.459 e. The third kappa shape index (κ3) is 6.15. The van der Waals surface area contributed by atoms with Crippen LogP contribution in [-0.4, -0.2) is 30.3 Å². The molecule has 1 saturated carbocycles. The van der Waals surface area contributed by atoms with Crippen molar-refractivity contribution in [3.05, 3.63) is 90.1 Å². The van der Waals surface area contributed by atoms with Gasteiger partial charge in [0.05, 0.1) is 12.8 Å². The fourth-order valence-electron chi connectivity index (χ4n) is 4.35. The molecule has 1 fully saturated rings. The van der Waals surface area contributed by atoms with Crippen molar-refractivity contribution in [2.75, 3.05) is 11.4 Å². The van der Waals surface area contributed by atoms with Gasteiger partial charge in [-0.05, 0) is 54.8 Å². The fourth-order valence-corrected chi connectivity index (χ4v) is 4.35. The van der Waals surface area contributed by atoms with Gasteiger partial charge in [0, 0.05) is 11.7 Å². The predicted octanol–water partition coefficient (Wildman–Crippen LogP) is 4.37. The summed E-state index contributed by atoms with van der Waals surface area (Å²) in [6.07, 6.45) is 6.36. The Bertz CT molecular complexity index is 1130. The minimum atomic E-state index is -1.00. The molecule has 3 aromatic rings. The van der Waals surface area contributed by atoms with E-state index in [1.807, 2.05) is 6.07 Å². The second-order valence-corrected chi connectivity index (χ2v) is 8.56. The number of furan rings is 1. The van der Waals surface area contributed by atoms with Crippen LogP contribution in [0.15, 0.2) is 77.4 Å². The van der Waals surface area contributed by atoms with Crippen LogP contribution in [-0.2, 0) is 9.59 Å². The molecule has 0 radical (unpaired) electrons. The molecular weight excluding hydrogens is 449 g/mol. The van der Waals surface area contributed by atoms with Crippen LogP contribution in [0.25, 0.3) is 0 Å². The first-order valence-electron chi connectivity index (χ1n) is 11.8. The first-order chi connectivity index (χ1) is 17.0. The molecule has 3 amide bonds. The molecule has 0 saturated heterocycles. The normalized spacial score (nSPS) is 14.7. The van der Waals surface area contributed by atoms with Crippen molar-refractivity contribution >= 4 is 23.4 Å². The lowest BCUT2D eigenvalue weighted by Crippen LogP contribution is -2.49. The minimum absolute atomic E-state index is 0.0336. The van der Waals surface area contributed by atoms with Crippen LogP contribution in [0, 0.1) is 5.82 Å². The van der Waals surface area contributed by atoms with Crippen LogP contribution >= 0.6 is 0 Å². The number of carbonyl (C=O) groups excluding carboxylic acids is 3. The highest BCUT2D eigenvalue weighted by Crippen LogP contribution is 2.29. The number of nitrogens with one attached hydrogen (secondary N) is 2. The van der Waals surface area contributed by atoms with Gasteiger partial charge in [-0.3, -0.25) is 19.3 Å². The molecule has 35 heavy (non-hydrogen) atoms. The van der Waals surface area contributed by atoms with E-state index >= 15 is 0 Å². The molecule has 8 heteroatoms. The molecule has 2 aromatic carbocycles. The van der Waals surface area contributed by atoms with Gasteiger partial charge in [0.25, 0.3) is 5.91 Å². The largest absolute Gasteiger partial charge is 0.459 e. The first-order valence-corrected chi connectivity index (χ1v) is 11.8. The molecule has 1 atom stereocenters. The average Bonchev–Trinajstić information content (AvgIpc) is 3.43. The maximum atomic E-state index is 13.7. The van der Waals surface area contributed by atoms with Gasteiger partial charge in [-0.15, -0.1) is 0 Å². The molecule has 0 spiro atoms. The molecule has 1 aliphatic carbocycles. The summed E-state index contributed by atoms with van der Waals surface area (Å²) in [5.41, 5.74) is 0.951. The van der Waals surface area contributed by atoms with Crippen LogP contribution in [0.3, 0.4) is 0 Å². The van der Waals surface area contributed by atoms with Gasteiger partial charge in [0.2, 0.25) is 11.8 Å². The summed E-state index contributed by atoms with van der Waals surface area (Å²) in [6, 6.07) is 16.4. The van der Waals surface area contributed by atoms with E-state index in [9.17, 15) is 18.8 Å². The zero-order chi connectivity index (χ0) is 24.6. The van der Waals surface area contributed by atoms with Gasteiger partial charge in [0.15, 0.2) is 5.76 Å². The molecule has 1 heterocycles. The maximum absolute atomic E-state index is 13.7. The molecule has 182 valence electrons. The molecule has 1 aliphatic rings. The van der Waals surface area contributed by atoms with E-state index in [4.69, 9.17) is 4.42 Å². The summed E-state index contributed by atoms with van der Waals surface area (Å²) < 4.78 is 18.8. The standard InChI is InChI=1S/C27H28FN3O4/c28-20-13-15-22(16-14-20)31(24(32)18-29-26(33)23-12-7-17-35-23)25(19-8-3-1-4-9-19)27(34)30-21-10-5-2-6-11-21/h1,3-4,7-9,12-17,21,25H,2,5-6,10-11,18H2,(H,29,33)(H,30,34)/t25-/m1/s1. The molecule has 1 aromatic heterocycles. The maximum Gasteiger partial charge on any atom is 0.287 e. The van der Waals surface area contributed by atoms with Crippen LogP contribution in [0.1, 0.15) is 54.3 Å². The zero-order valence-electron chi connectivity index (χ0n) is 19.3. The predicted molar refractivity (Wildman–Crippen MR) is 129 cm³/mol.